The molecule has 0 saturated heterocycles. The quantitative estimate of drug-likeness (QED) is 0.778. The Morgan fingerprint density at radius 3 is 2.50 bits per heavy atom. The molecule has 0 unspecified atom stereocenters. The van der Waals surface area contributed by atoms with E-state index in [0.29, 0.717) is 16.5 Å². The summed E-state index contributed by atoms with van der Waals surface area (Å²) >= 11 is 6.01. The molecule has 1 heterocycles. The highest BCUT2D eigenvalue weighted by molar-refractivity contribution is 6.33. The van der Waals surface area contributed by atoms with Gasteiger partial charge in [0.15, 0.2) is 0 Å². The van der Waals surface area contributed by atoms with Crippen LogP contribution in [0.5, 0.6) is 0 Å². The van der Waals surface area contributed by atoms with Crippen molar-refractivity contribution in [2.24, 2.45) is 0 Å². The first-order chi connectivity index (χ1) is 6.79. The third kappa shape index (κ3) is 1.54. The zero-order chi connectivity index (χ0) is 9.97. The molecule has 0 fully saturated rings. The van der Waals surface area contributed by atoms with Crippen LogP contribution in [-0.4, -0.2) is 9.97 Å². The standard InChI is InChI=1S/C10H8ClN3/c11-8-4-2-1-3-7(8)9-10(12)14-6-5-13-9/h1-6H,(H2,12,14). The van der Waals surface area contributed by atoms with Gasteiger partial charge < -0.3 is 5.73 Å². The van der Waals surface area contributed by atoms with Crippen LogP contribution in [0.3, 0.4) is 0 Å². The Hall–Kier alpha value is -1.61. The molecule has 0 aliphatic heterocycles. The van der Waals surface area contributed by atoms with Crippen LogP contribution in [0.4, 0.5) is 5.82 Å². The number of nitrogens with two attached hydrogens (primary N) is 1. The molecule has 0 amide bonds. The number of hydrogen-bond donors (Lipinski definition) is 1. The molecular weight excluding hydrogens is 198 g/mol. The van der Waals surface area contributed by atoms with Crippen molar-refractivity contribution in [2.75, 3.05) is 5.73 Å². The Bertz CT molecular complexity index is 413. The molecule has 1 aromatic carbocycles. The van der Waals surface area contributed by atoms with E-state index < -0.39 is 0 Å². The zero-order valence-corrected chi connectivity index (χ0v) is 8.07. The summed E-state index contributed by atoms with van der Waals surface area (Å²) in [5.41, 5.74) is 7.12. The van der Waals surface area contributed by atoms with Crippen LogP contribution in [0.2, 0.25) is 5.02 Å². The van der Waals surface area contributed by atoms with E-state index >= 15 is 0 Å². The van der Waals surface area contributed by atoms with Crippen LogP contribution in [0.1, 0.15) is 0 Å². The second kappa shape index (κ2) is 3.64. The van der Waals surface area contributed by atoms with Crippen molar-refractivity contribution in [3.63, 3.8) is 0 Å². The summed E-state index contributed by atoms with van der Waals surface area (Å²) in [6, 6.07) is 7.40. The molecule has 2 N–H and O–H groups in total. The van der Waals surface area contributed by atoms with Crippen molar-refractivity contribution in [3.05, 3.63) is 41.7 Å². The van der Waals surface area contributed by atoms with Gasteiger partial charge in [0.2, 0.25) is 0 Å². The average Bonchev–Trinajstić information content (AvgIpc) is 2.20. The van der Waals surface area contributed by atoms with E-state index in [1.165, 1.54) is 0 Å². The number of anilines is 1. The molecular formula is C10H8ClN3. The summed E-state index contributed by atoms with van der Waals surface area (Å²) in [7, 11) is 0. The van der Waals surface area contributed by atoms with Crippen molar-refractivity contribution in [3.8, 4) is 11.3 Å². The van der Waals surface area contributed by atoms with Crippen LogP contribution in [0, 0.1) is 0 Å². The summed E-state index contributed by atoms with van der Waals surface area (Å²) in [4.78, 5) is 8.09. The van der Waals surface area contributed by atoms with Gasteiger partial charge in [-0.3, -0.25) is 4.98 Å². The molecule has 14 heavy (non-hydrogen) atoms. The Morgan fingerprint density at radius 2 is 1.79 bits per heavy atom. The lowest BCUT2D eigenvalue weighted by Crippen LogP contribution is -1.96. The maximum absolute atomic E-state index is 6.01. The molecule has 0 aliphatic rings. The van der Waals surface area contributed by atoms with E-state index in [1.807, 2.05) is 18.2 Å². The molecule has 70 valence electrons. The minimum atomic E-state index is 0.389. The van der Waals surface area contributed by atoms with E-state index in [4.69, 9.17) is 17.3 Å². The molecule has 0 aliphatic carbocycles. The fourth-order valence-corrected chi connectivity index (χ4v) is 1.43. The van der Waals surface area contributed by atoms with Crippen molar-refractivity contribution >= 4 is 17.4 Å². The number of nitrogen functional groups attached to an aromatic ring is 1. The summed E-state index contributed by atoms with van der Waals surface area (Å²) in [5.74, 6) is 0.389. The zero-order valence-electron chi connectivity index (χ0n) is 7.31. The van der Waals surface area contributed by atoms with Crippen LogP contribution in [-0.2, 0) is 0 Å². The summed E-state index contributed by atoms with van der Waals surface area (Å²) in [6.45, 7) is 0. The summed E-state index contributed by atoms with van der Waals surface area (Å²) < 4.78 is 0. The van der Waals surface area contributed by atoms with Gasteiger partial charge in [0, 0.05) is 18.0 Å². The molecule has 0 saturated carbocycles. The topological polar surface area (TPSA) is 51.8 Å². The first-order valence-electron chi connectivity index (χ1n) is 4.10. The highest BCUT2D eigenvalue weighted by Crippen LogP contribution is 2.28. The number of aromatic nitrogens is 2. The molecule has 2 rings (SSSR count). The Balaban J connectivity index is 2.61. The largest absolute Gasteiger partial charge is 0.382 e. The van der Waals surface area contributed by atoms with Crippen molar-refractivity contribution in [1.29, 1.82) is 0 Å². The fourth-order valence-electron chi connectivity index (χ4n) is 1.21. The van der Waals surface area contributed by atoms with Gasteiger partial charge in [0.05, 0.1) is 5.02 Å². The second-order valence-corrected chi connectivity index (χ2v) is 3.18. The molecule has 3 nitrogen and oxygen atoms in total. The normalized spacial score (nSPS) is 10.1. The third-order valence-corrected chi connectivity index (χ3v) is 2.19. The Labute approximate surface area is 86.6 Å². The van der Waals surface area contributed by atoms with Gasteiger partial charge in [-0.15, -0.1) is 0 Å². The van der Waals surface area contributed by atoms with E-state index in [-0.39, 0.29) is 0 Å². The van der Waals surface area contributed by atoms with E-state index in [2.05, 4.69) is 9.97 Å². The summed E-state index contributed by atoms with van der Waals surface area (Å²) in [5, 5.41) is 0.625. The van der Waals surface area contributed by atoms with Gasteiger partial charge in [0.1, 0.15) is 11.5 Å². The maximum atomic E-state index is 6.01. The monoisotopic (exact) mass is 205 g/mol. The molecule has 2 aromatic rings. The number of halogens is 1. The van der Waals surface area contributed by atoms with E-state index in [9.17, 15) is 0 Å². The lowest BCUT2D eigenvalue weighted by molar-refractivity contribution is 1.22. The van der Waals surface area contributed by atoms with Gasteiger partial charge in [0.25, 0.3) is 0 Å². The summed E-state index contributed by atoms with van der Waals surface area (Å²) in [6.07, 6.45) is 3.14. The van der Waals surface area contributed by atoms with Crippen LogP contribution in [0.15, 0.2) is 36.7 Å². The average molecular weight is 206 g/mol. The Kier molecular flexibility index (Phi) is 2.33. The second-order valence-electron chi connectivity index (χ2n) is 2.77. The minimum Gasteiger partial charge on any atom is -0.382 e. The molecule has 0 spiro atoms. The third-order valence-electron chi connectivity index (χ3n) is 1.86. The molecule has 0 bridgehead atoms. The smallest absolute Gasteiger partial charge is 0.150 e. The maximum Gasteiger partial charge on any atom is 0.150 e. The fraction of sp³-hybridized carbons (Fsp3) is 0. The lowest BCUT2D eigenvalue weighted by atomic mass is 10.1. The van der Waals surface area contributed by atoms with Gasteiger partial charge in [-0.25, -0.2) is 4.98 Å². The number of hydrogen-bond acceptors (Lipinski definition) is 3. The van der Waals surface area contributed by atoms with Crippen molar-refractivity contribution in [1.82, 2.24) is 9.97 Å². The highest BCUT2D eigenvalue weighted by Gasteiger charge is 2.07. The van der Waals surface area contributed by atoms with Crippen LogP contribution in [0.25, 0.3) is 11.3 Å². The first-order valence-corrected chi connectivity index (χ1v) is 4.48. The number of nitrogens with zero attached hydrogens (tertiary/aromatic N) is 2. The van der Waals surface area contributed by atoms with E-state index in [1.54, 1.807) is 18.5 Å². The highest BCUT2D eigenvalue weighted by atomic mass is 35.5. The Morgan fingerprint density at radius 1 is 1.07 bits per heavy atom. The van der Waals surface area contributed by atoms with Gasteiger partial charge >= 0.3 is 0 Å². The van der Waals surface area contributed by atoms with Crippen molar-refractivity contribution < 1.29 is 0 Å². The minimum absolute atomic E-state index is 0.389. The first kappa shape index (κ1) is 8.97. The molecule has 1 aromatic heterocycles. The van der Waals surface area contributed by atoms with E-state index in [0.717, 1.165) is 5.56 Å². The molecule has 0 radical (unpaired) electrons. The van der Waals surface area contributed by atoms with Crippen LogP contribution < -0.4 is 5.73 Å². The predicted molar refractivity (Wildman–Crippen MR) is 56.9 cm³/mol. The number of benzene rings is 1. The number of rotatable bonds is 1. The molecule has 0 atom stereocenters. The predicted octanol–water partition coefficient (Wildman–Crippen LogP) is 2.38. The van der Waals surface area contributed by atoms with Gasteiger partial charge in [-0.05, 0) is 6.07 Å². The molecule has 4 heteroatoms. The van der Waals surface area contributed by atoms with Gasteiger partial charge in [-0.2, -0.15) is 0 Å². The van der Waals surface area contributed by atoms with Crippen molar-refractivity contribution in [2.45, 2.75) is 0 Å². The van der Waals surface area contributed by atoms with Crippen LogP contribution >= 0.6 is 11.6 Å². The van der Waals surface area contributed by atoms with Gasteiger partial charge in [-0.1, -0.05) is 29.8 Å². The lowest BCUT2D eigenvalue weighted by Gasteiger charge is -2.04. The SMILES string of the molecule is Nc1nccnc1-c1ccccc1Cl.